The number of amides is 1. The van der Waals surface area contributed by atoms with Crippen LogP contribution in [0, 0.1) is 5.92 Å². The molecule has 0 radical (unpaired) electrons. The van der Waals surface area contributed by atoms with Crippen LogP contribution in [0.3, 0.4) is 0 Å². The van der Waals surface area contributed by atoms with Gasteiger partial charge in [0.05, 0.1) is 0 Å². The van der Waals surface area contributed by atoms with Gasteiger partial charge in [-0.05, 0) is 38.1 Å². The molecule has 1 heterocycles. The lowest BCUT2D eigenvalue weighted by atomic mass is 10.1. The molecule has 3 nitrogen and oxygen atoms in total. The Balaban J connectivity index is 1.66. The van der Waals surface area contributed by atoms with E-state index in [1.54, 1.807) is 0 Å². The van der Waals surface area contributed by atoms with Gasteiger partial charge in [-0.1, -0.05) is 0 Å². The molecule has 1 unspecified atom stereocenters. The Bertz CT molecular complexity index is 183. The van der Waals surface area contributed by atoms with Gasteiger partial charge in [0.1, 0.15) is 0 Å². The molecule has 3 heteroatoms. The number of carbonyl (C=O) groups is 1. The third-order valence-corrected chi connectivity index (χ3v) is 2.83. The molecule has 0 spiro atoms. The van der Waals surface area contributed by atoms with Crippen LogP contribution in [0.1, 0.15) is 32.1 Å². The number of piperidine rings is 1. The van der Waals surface area contributed by atoms with Gasteiger partial charge in [0, 0.05) is 19.0 Å². The van der Waals surface area contributed by atoms with Crippen LogP contribution in [-0.2, 0) is 4.79 Å². The predicted octanol–water partition coefficient (Wildman–Crippen LogP) is 0.655. The Kier molecular flexibility index (Phi) is 2.83. The second-order valence-corrected chi connectivity index (χ2v) is 4.26. The minimum Gasteiger partial charge on any atom is -0.352 e. The quantitative estimate of drug-likeness (QED) is 0.673. The first kappa shape index (κ1) is 9.00. The molecule has 0 aromatic rings. The standard InChI is InChI=1S/C10H18N2O/c13-10(6-8-3-4-8)12-9-2-1-5-11-7-9/h8-9,11H,1-7H2,(H,12,13). The largest absolute Gasteiger partial charge is 0.352 e. The Morgan fingerprint density at radius 2 is 2.23 bits per heavy atom. The summed E-state index contributed by atoms with van der Waals surface area (Å²) in [4.78, 5) is 11.4. The van der Waals surface area contributed by atoms with E-state index in [0.717, 1.165) is 25.9 Å². The van der Waals surface area contributed by atoms with Crippen molar-refractivity contribution in [2.24, 2.45) is 5.92 Å². The second-order valence-electron chi connectivity index (χ2n) is 4.26. The summed E-state index contributed by atoms with van der Waals surface area (Å²) in [5, 5.41) is 6.38. The molecule has 1 saturated heterocycles. The molecule has 1 saturated carbocycles. The Hall–Kier alpha value is -0.570. The fourth-order valence-electron chi connectivity index (χ4n) is 1.85. The molecule has 2 fully saturated rings. The summed E-state index contributed by atoms with van der Waals surface area (Å²) in [5.41, 5.74) is 0. The third kappa shape index (κ3) is 2.99. The highest BCUT2D eigenvalue weighted by molar-refractivity contribution is 5.76. The highest BCUT2D eigenvalue weighted by Gasteiger charge is 2.25. The lowest BCUT2D eigenvalue weighted by Crippen LogP contribution is -2.45. The lowest BCUT2D eigenvalue weighted by molar-refractivity contribution is -0.122. The fourth-order valence-corrected chi connectivity index (χ4v) is 1.85. The topological polar surface area (TPSA) is 41.1 Å². The van der Waals surface area contributed by atoms with Crippen LogP contribution < -0.4 is 10.6 Å². The molecule has 0 aromatic carbocycles. The SMILES string of the molecule is O=C(CC1CC1)NC1CCCNC1. The van der Waals surface area contributed by atoms with E-state index in [4.69, 9.17) is 0 Å². The minimum absolute atomic E-state index is 0.260. The average Bonchev–Trinajstić information content (AvgIpc) is 2.90. The maximum atomic E-state index is 11.4. The molecule has 1 amide bonds. The number of nitrogens with one attached hydrogen (secondary N) is 2. The van der Waals surface area contributed by atoms with Crippen LogP contribution in [0.4, 0.5) is 0 Å². The van der Waals surface area contributed by atoms with Crippen molar-refractivity contribution < 1.29 is 4.79 Å². The summed E-state index contributed by atoms with van der Waals surface area (Å²) in [6.45, 7) is 2.06. The van der Waals surface area contributed by atoms with E-state index in [-0.39, 0.29) is 5.91 Å². The van der Waals surface area contributed by atoms with Gasteiger partial charge in [0.25, 0.3) is 0 Å². The van der Waals surface area contributed by atoms with E-state index in [0.29, 0.717) is 12.0 Å². The average molecular weight is 182 g/mol. The van der Waals surface area contributed by atoms with Gasteiger partial charge in [0.15, 0.2) is 0 Å². The van der Waals surface area contributed by atoms with Crippen molar-refractivity contribution in [2.45, 2.75) is 38.1 Å². The van der Waals surface area contributed by atoms with Crippen molar-refractivity contribution >= 4 is 5.91 Å². The highest BCUT2D eigenvalue weighted by Crippen LogP contribution is 2.32. The van der Waals surface area contributed by atoms with Gasteiger partial charge in [0.2, 0.25) is 5.91 Å². The zero-order chi connectivity index (χ0) is 9.10. The molecule has 1 aliphatic carbocycles. The van der Waals surface area contributed by atoms with Gasteiger partial charge in [-0.3, -0.25) is 4.79 Å². The van der Waals surface area contributed by atoms with Crippen LogP contribution in [0.5, 0.6) is 0 Å². The zero-order valence-electron chi connectivity index (χ0n) is 8.01. The second kappa shape index (κ2) is 4.09. The molecule has 1 aliphatic heterocycles. The van der Waals surface area contributed by atoms with E-state index in [2.05, 4.69) is 10.6 Å². The predicted molar refractivity (Wildman–Crippen MR) is 51.4 cm³/mol. The molecular weight excluding hydrogens is 164 g/mol. The zero-order valence-corrected chi connectivity index (χ0v) is 8.01. The summed E-state index contributed by atoms with van der Waals surface area (Å²) in [5.74, 6) is 0.966. The molecule has 2 rings (SSSR count). The van der Waals surface area contributed by atoms with Crippen molar-refractivity contribution in [3.63, 3.8) is 0 Å². The van der Waals surface area contributed by atoms with Gasteiger partial charge in [-0.15, -0.1) is 0 Å². The van der Waals surface area contributed by atoms with Crippen molar-refractivity contribution in [1.82, 2.24) is 10.6 Å². The van der Waals surface area contributed by atoms with E-state index >= 15 is 0 Å². The van der Waals surface area contributed by atoms with E-state index in [1.807, 2.05) is 0 Å². The van der Waals surface area contributed by atoms with Crippen LogP contribution in [0.15, 0.2) is 0 Å². The van der Waals surface area contributed by atoms with Gasteiger partial charge in [-0.2, -0.15) is 0 Å². The molecule has 2 aliphatic rings. The highest BCUT2D eigenvalue weighted by atomic mass is 16.1. The monoisotopic (exact) mass is 182 g/mol. The summed E-state index contributed by atoms with van der Waals surface area (Å²) in [6.07, 6.45) is 5.61. The van der Waals surface area contributed by atoms with Crippen molar-refractivity contribution in [3.8, 4) is 0 Å². The van der Waals surface area contributed by atoms with E-state index in [9.17, 15) is 4.79 Å². The number of rotatable bonds is 3. The maximum absolute atomic E-state index is 11.4. The summed E-state index contributed by atoms with van der Waals surface area (Å²) >= 11 is 0. The number of hydrogen-bond donors (Lipinski definition) is 2. The lowest BCUT2D eigenvalue weighted by Gasteiger charge is -2.23. The maximum Gasteiger partial charge on any atom is 0.220 e. The molecule has 1 atom stereocenters. The number of carbonyl (C=O) groups excluding carboxylic acids is 1. The molecule has 74 valence electrons. The van der Waals surface area contributed by atoms with Crippen LogP contribution in [0.2, 0.25) is 0 Å². The molecule has 0 aromatic heterocycles. The summed E-state index contributed by atoms with van der Waals surface area (Å²) in [7, 11) is 0. The first-order chi connectivity index (χ1) is 6.34. The smallest absolute Gasteiger partial charge is 0.220 e. The Morgan fingerprint density at radius 1 is 1.38 bits per heavy atom. The minimum atomic E-state index is 0.260. The molecule has 2 N–H and O–H groups in total. The number of hydrogen-bond acceptors (Lipinski definition) is 2. The fraction of sp³-hybridized carbons (Fsp3) is 0.900. The van der Waals surface area contributed by atoms with Crippen molar-refractivity contribution in [3.05, 3.63) is 0 Å². The van der Waals surface area contributed by atoms with Crippen molar-refractivity contribution in [2.75, 3.05) is 13.1 Å². The third-order valence-electron chi connectivity index (χ3n) is 2.83. The van der Waals surface area contributed by atoms with E-state index < -0.39 is 0 Å². The van der Waals surface area contributed by atoms with Crippen LogP contribution in [-0.4, -0.2) is 25.0 Å². The first-order valence-corrected chi connectivity index (χ1v) is 5.34. The van der Waals surface area contributed by atoms with Crippen LogP contribution >= 0.6 is 0 Å². The molecule has 13 heavy (non-hydrogen) atoms. The normalized spacial score (nSPS) is 28.5. The van der Waals surface area contributed by atoms with Crippen LogP contribution in [0.25, 0.3) is 0 Å². The van der Waals surface area contributed by atoms with Gasteiger partial charge >= 0.3 is 0 Å². The van der Waals surface area contributed by atoms with E-state index in [1.165, 1.54) is 19.3 Å². The Morgan fingerprint density at radius 3 is 2.85 bits per heavy atom. The summed E-state index contributed by atoms with van der Waals surface area (Å²) < 4.78 is 0. The summed E-state index contributed by atoms with van der Waals surface area (Å²) in [6, 6.07) is 0.389. The van der Waals surface area contributed by atoms with Gasteiger partial charge in [-0.25, -0.2) is 0 Å². The molecule has 0 bridgehead atoms. The molecular formula is C10H18N2O. The van der Waals surface area contributed by atoms with Gasteiger partial charge < -0.3 is 10.6 Å². The van der Waals surface area contributed by atoms with Crippen molar-refractivity contribution in [1.29, 1.82) is 0 Å². The Labute approximate surface area is 79.3 Å². The first-order valence-electron chi connectivity index (χ1n) is 5.34.